The van der Waals surface area contributed by atoms with Gasteiger partial charge in [-0.15, -0.1) is 0 Å². The Morgan fingerprint density at radius 2 is 1.96 bits per heavy atom. The average molecular weight is 315 g/mol. The van der Waals surface area contributed by atoms with Gasteiger partial charge in [0, 0.05) is 11.1 Å². The lowest BCUT2D eigenvalue weighted by Crippen LogP contribution is -2.17. The van der Waals surface area contributed by atoms with Gasteiger partial charge in [-0.05, 0) is 49.5 Å². The lowest BCUT2D eigenvalue weighted by Gasteiger charge is -2.23. The summed E-state index contributed by atoms with van der Waals surface area (Å²) in [6, 6.07) is 3.55. The largest absolute Gasteiger partial charge is 0.476 e. The van der Waals surface area contributed by atoms with E-state index in [2.05, 4.69) is 18.0 Å². The van der Waals surface area contributed by atoms with Crippen molar-refractivity contribution < 1.29 is 14.6 Å². The summed E-state index contributed by atoms with van der Waals surface area (Å²) in [7, 11) is 0. The molecule has 0 aromatic carbocycles. The predicted octanol–water partition coefficient (Wildman–Crippen LogP) is 4.72. The number of carbonyl (C=O) groups is 1. The minimum atomic E-state index is -1.07. The highest BCUT2D eigenvalue weighted by molar-refractivity contribution is 5.88. The zero-order valence-corrected chi connectivity index (χ0v) is 14.7. The summed E-state index contributed by atoms with van der Waals surface area (Å²) in [6.07, 6.45) is 3.07. The molecule has 0 amide bonds. The van der Waals surface area contributed by atoms with E-state index in [1.165, 1.54) is 0 Å². The van der Waals surface area contributed by atoms with Crippen LogP contribution in [0.1, 0.15) is 64.1 Å². The van der Waals surface area contributed by atoms with Crippen LogP contribution in [0.25, 0.3) is 0 Å². The lowest BCUT2D eigenvalue weighted by atomic mass is 9.91. The first-order valence-electron chi connectivity index (χ1n) is 7.91. The van der Waals surface area contributed by atoms with Crippen LogP contribution in [0.2, 0.25) is 0 Å². The maximum Gasteiger partial charge on any atom is 0.358 e. The number of hydrogen-bond acceptors (Lipinski definition) is 3. The van der Waals surface area contributed by atoms with E-state index >= 15 is 0 Å². The smallest absolute Gasteiger partial charge is 0.358 e. The molecule has 1 N–H and O–H groups in total. The number of nitrogens with zero attached hydrogens (tertiary/aromatic N) is 1. The molecule has 0 aliphatic heterocycles. The fourth-order valence-electron chi connectivity index (χ4n) is 2.85. The van der Waals surface area contributed by atoms with Crippen LogP contribution in [0.5, 0.6) is 5.75 Å². The predicted molar refractivity (Wildman–Crippen MR) is 90.8 cm³/mol. The van der Waals surface area contributed by atoms with Crippen molar-refractivity contribution in [1.29, 1.82) is 0 Å². The Morgan fingerprint density at radius 1 is 1.30 bits per heavy atom. The molecule has 1 aliphatic rings. The Hall–Kier alpha value is -2.10. The van der Waals surface area contributed by atoms with Crippen molar-refractivity contribution in [3.05, 3.63) is 46.5 Å². The van der Waals surface area contributed by atoms with Crippen LogP contribution in [0.15, 0.2) is 35.1 Å². The zero-order valence-electron chi connectivity index (χ0n) is 14.7. The molecule has 2 rings (SSSR count). The third-order valence-corrected chi connectivity index (χ3v) is 3.95. The molecule has 0 bridgehead atoms. The van der Waals surface area contributed by atoms with Crippen molar-refractivity contribution in [1.82, 2.24) is 4.98 Å². The second-order valence-electron chi connectivity index (χ2n) is 7.34. The molecular formula is C19H25NO3. The van der Waals surface area contributed by atoms with Crippen molar-refractivity contribution in [3.63, 3.8) is 0 Å². The molecule has 0 saturated carbocycles. The van der Waals surface area contributed by atoms with E-state index in [0.717, 1.165) is 29.0 Å². The molecule has 4 heteroatoms. The van der Waals surface area contributed by atoms with Crippen molar-refractivity contribution in [3.8, 4) is 5.75 Å². The first-order valence-corrected chi connectivity index (χ1v) is 7.91. The van der Waals surface area contributed by atoms with E-state index < -0.39 is 5.97 Å². The Balaban J connectivity index is 2.43. The molecule has 23 heavy (non-hydrogen) atoms. The summed E-state index contributed by atoms with van der Waals surface area (Å²) in [6.45, 7) is 12.2. The van der Waals surface area contributed by atoms with E-state index in [-0.39, 0.29) is 11.1 Å². The second-order valence-corrected chi connectivity index (χ2v) is 7.34. The van der Waals surface area contributed by atoms with Crippen molar-refractivity contribution in [2.75, 3.05) is 0 Å². The van der Waals surface area contributed by atoms with Gasteiger partial charge in [0.2, 0.25) is 0 Å². The van der Waals surface area contributed by atoms with E-state index in [9.17, 15) is 9.90 Å². The standard InChI is InChI=1S/C19H25NO3/c1-11-9-12(2)17(13(3)10-11)23-14-7-8-15(19(4,5)6)20-16(14)18(21)22/h7-9,11H,10H2,1-6H3,(H,21,22). The van der Waals surface area contributed by atoms with E-state index in [0.29, 0.717) is 11.7 Å². The van der Waals surface area contributed by atoms with Crippen molar-refractivity contribution >= 4 is 5.97 Å². The number of ether oxygens (including phenoxy) is 1. The molecule has 1 atom stereocenters. The van der Waals surface area contributed by atoms with Gasteiger partial charge in [-0.3, -0.25) is 0 Å². The van der Waals surface area contributed by atoms with Gasteiger partial charge >= 0.3 is 5.97 Å². The number of pyridine rings is 1. The van der Waals surface area contributed by atoms with Gasteiger partial charge in [-0.1, -0.05) is 33.8 Å². The van der Waals surface area contributed by atoms with Gasteiger partial charge in [-0.25, -0.2) is 9.78 Å². The van der Waals surface area contributed by atoms with E-state index in [4.69, 9.17) is 4.74 Å². The molecular weight excluding hydrogens is 290 g/mol. The fraction of sp³-hybridized carbons (Fsp3) is 0.474. The number of rotatable bonds is 3. The quantitative estimate of drug-likeness (QED) is 0.877. The molecule has 1 heterocycles. The monoisotopic (exact) mass is 315 g/mol. The third-order valence-electron chi connectivity index (χ3n) is 3.95. The highest BCUT2D eigenvalue weighted by Gasteiger charge is 2.23. The minimum absolute atomic E-state index is 0.0378. The number of allylic oxidation sites excluding steroid dienone is 3. The third kappa shape index (κ3) is 3.81. The average Bonchev–Trinajstić information content (AvgIpc) is 2.41. The van der Waals surface area contributed by atoms with Gasteiger partial charge < -0.3 is 9.84 Å². The van der Waals surface area contributed by atoms with E-state index in [1.807, 2.05) is 40.7 Å². The Morgan fingerprint density at radius 3 is 2.48 bits per heavy atom. The molecule has 0 saturated heterocycles. The lowest BCUT2D eigenvalue weighted by molar-refractivity contribution is 0.0686. The molecule has 0 radical (unpaired) electrons. The summed E-state index contributed by atoms with van der Waals surface area (Å²) in [5, 5.41) is 9.49. The maximum absolute atomic E-state index is 11.6. The molecule has 1 aromatic rings. The summed E-state index contributed by atoms with van der Waals surface area (Å²) in [4.78, 5) is 15.9. The van der Waals surface area contributed by atoms with Crippen LogP contribution < -0.4 is 4.74 Å². The summed E-state index contributed by atoms with van der Waals surface area (Å²) < 4.78 is 5.96. The van der Waals surface area contributed by atoms with Gasteiger partial charge in [0.15, 0.2) is 11.4 Å². The van der Waals surface area contributed by atoms with Crippen LogP contribution in [-0.2, 0) is 5.41 Å². The minimum Gasteiger partial charge on any atom is -0.476 e. The van der Waals surface area contributed by atoms with Crippen molar-refractivity contribution in [2.24, 2.45) is 5.92 Å². The Labute approximate surface area is 137 Å². The SMILES string of the molecule is CC1=CC(C)CC(C)=C1Oc1ccc(C(C)(C)C)nc1C(=O)O. The summed E-state index contributed by atoms with van der Waals surface area (Å²) >= 11 is 0. The van der Waals surface area contributed by atoms with Crippen LogP contribution in [0.4, 0.5) is 0 Å². The number of hydrogen-bond donors (Lipinski definition) is 1. The molecule has 1 aromatic heterocycles. The number of carboxylic acids is 1. The molecule has 124 valence electrons. The van der Waals surface area contributed by atoms with Crippen molar-refractivity contribution in [2.45, 2.75) is 53.4 Å². The van der Waals surface area contributed by atoms with Gasteiger partial charge in [0.05, 0.1) is 0 Å². The molecule has 4 nitrogen and oxygen atoms in total. The number of carboxylic acid groups (broad SMARTS) is 1. The molecule has 0 fully saturated rings. The van der Waals surface area contributed by atoms with Crippen LogP contribution in [0, 0.1) is 5.92 Å². The van der Waals surface area contributed by atoms with Crippen LogP contribution in [0.3, 0.4) is 0 Å². The zero-order chi connectivity index (χ0) is 17.4. The Bertz CT molecular complexity index is 693. The van der Waals surface area contributed by atoms with Crippen LogP contribution >= 0.6 is 0 Å². The van der Waals surface area contributed by atoms with Gasteiger partial charge in [0.1, 0.15) is 5.76 Å². The topological polar surface area (TPSA) is 59.4 Å². The Kier molecular flexibility index (Phi) is 4.64. The first kappa shape index (κ1) is 17.3. The highest BCUT2D eigenvalue weighted by Crippen LogP contribution is 2.32. The number of aromatic carboxylic acids is 1. The number of aromatic nitrogens is 1. The van der Waals surface area contributed by atoms with Crippen LogP contribution in [-0.4, -0.2) is 16.1 Å². The molecule has 1 aliphatic carbocycles. The molecule has 1 unspecified atom stereocenters. The fourth-order valence-corrected chi connectivity index (χ4v) is 2.85. The molecule has 0 spiro atoms. The normalized spacial score (nSPS) is 18.7. The second kappa shape index (κ2) is 6.19. The maximum atomic E-state index is 11.6. The summed E-state index contributed by atoms with van der Waals surface area (Å²) in [5.41, 5.74) is 2.65. The van der Waals surface area contributed by atoms with E-state index in [1.54, 1.807) is 6.07 Å². The summed E-state index contributed by atoms with van der Waals surface area (Å²) in [5.74, 6) is 0.455. The first-order chi connectivity index (χ1) is 10.6. The van der Waals surface area contributed by atoms with Gasteiger partial charge in [0.25, 0.3) is 0 Å². The highest BCUT2D eigenvalue weighted by atomic mass is 16.5. The van der Waals surface area contributed by atoms with Gasteiger partial charge in [-0.2, -0.15) is 0 Å².